The Morgan fingerprint density at radius 3 is 2.72 bits per heavy atom. The maximum atomic E-state index is 5.79. The first-order valence-corrected chi connectivity index (χ1v) is 6.79. The number of nitrogens with one attached hydrogen (secondary N) is 1. The first-order valence-electron chi connectivity index (χ1n) is 6.79. The van der Waals surface area contributed by atoms with E-state index in [0.717, 1.165) is 23.7 Å². The van der Waals surface area contributed by atoms with Crippen LogP contribution in [0.5, 0.6) is 0 Å². The molecule has 0 radical (unpaired) electrons. The molecule has 18 heavy (non-hydrogen) atoms. The topological polar surface area (TPSA) is 47.0 Å². The van der Waals surface area contributed by atoms with Crippen LogP contribution in [-0.4, -0.2) is 23.6 Å². The highest BCUT2D eigenvalue weighted by Crippen LogP contribution is 2.42. The van der Waals surface area contributed by atoms with E-state index in [1.54, 1.807) is 0 Å². The summed E-state index contributed by atoms with van der Waals surface area (Å²) in [4.78, 5) is 9.16. The third kappa shape index (κ3) is 2.87. The summed E-state index contributed by atoms with van der Waals surface area (Å²) in [5, 5.41) is 3.22. The lowest BCUT2D eigenvalue weighted by molar-refractivity contribution is 0.0398. The molecule has 1 aliphatic rings. The van der Waals surface area contributed by atoms with Crippen LogP contribution in [0.4, 0.5) is 0 Å². The molecule has 4 nitrogen and oxygen atoms in total. The molecule has 4 heteroatoms. The van der Waals surface area contributed by atoms with Crippen LogP contribution in [0.15, 0.2) is 6.20 Å². The first kappa shape index (κ1) is 13.4. The maximum absolute atomic E-state index is 5.79. The second-order valence-corrected chi connectivity index (χ2v) is 4.99. The summed E-state index contributed by atoms with van der Waals surface area (Å²) in [6, 6.07) is 0.283. The largest absolute Gasteiger partial charge is 0.370 e. The molecule has 2 unspecified atom stereocenters. The zero-order valence-electron chi connectivity index (χ0n) is 11.7. The van der Waals surface area contributed by atoms with Crippen molar-refractivity contribution in [3.8, 4) is 0 Å². The number of nitrogens with zero attached hydrogens (tertiary/aromatic N) is 2. The lowest BCUT2D eigenvalue weighted by Gasteiger charge is -2.18. The van der Waals surface area contributed by atoms with Crippen LogP contribution < -0.4 is 5.32 Å². The molecule has 100 valence electrons. The number of ether oxygens (including phenoxy) is 1. The van der Waals surface area contributed by atoms with E-state index in [1.807, 2.05) is 27.1 Å². The Kier molecular flexibility index (Phi) is 4.30. The average Bonchev–Trinajstić information content (AvgIpc) is 3.19. The smallest absolute Gasteiger partial charge is 0.157 e. The molecule has 0 saturated heterocycles. The van der Waals surface area contributed by atoms with Crippen molar-refractivity contribution < 1.29 is 4.74 Å². The van der Waals surface area contributed by atoms with Crippen LogP contribution in [0, 0.1) is 12.8 Å². The molecule has 1 aromatic heterocycles. The summed E-state index contributed by atoms with van der Waals surface area (Å²) >= 11 is 0. The van der Waals surface area contributed by atoms with Crippen molar-refractivity contribution in [2.75, 3.05) is 13.7 Å². The molecule has 0 aromatic carbocycles. The van der Waals surface area contributed by atoms with Gasteiger partial charge < -0.3 is 10.1 Å². The maximum Gasteiger partial charge on any atom is 0.157 e. The fourth-order valence-electron chi connectivity index (χ4n) is 2.21. The molecule has 0 bridgehead atoms. The second-order valence-electron chi connectivity index (χ2n) is 4.99. The van der Waals surface area contributed by atoms with E-state index >= 15 is 0 Å². The van der Waals surface area contributed by atoms with E-state index in [0.29, 0.717) is 5.92 Å². The number of hydrogen-bond acceptors (Lipinski definition) is 4. The number of aryl methyl sites for hydroxylation is 1. The molecule has 1 fully saturated rings. The summed E-state index contributed by atoms with van der Waals surface area (Å²) < 4.78 is 5.79. The molecule has 1 N–H and O–H groups in total. The van der Waals surface area contributed by atoms with Gasteiger partial charge in [-0.1, -0.05) is 0 Å². The Labute approximate surface area is 109 Å². The predicted molar refractivity (Wildman–Crippen MR) is 71.3 cm³/mol. The van der Waals surface area contributed by atoms with Crippen molar-refractivity contribution in [3.05, 3.63) is 23.3 Å². The van der Waals surface area contributed by atoms with Crippen molar-refractivity contribution in [1.82, 2.24) is 15.3 Å². The van der Waals surface area contributed by atoms with E-state index in [4.69, 9.17) is 4.74 Å². The van der Waals surface area contributed by atoms with Gasteiger partial charge >= 0.3 is 0 Å². The first-order chi connectivity index (χ1) is 8.67. The van der Waals surface area contributed by atoms with Crippen LogP contribution >= 0.6 is 0 Å². The molecular weight excluding hydrogens is 226 g/mol. The van der Waals surface area contributed by atoms with Crippen molar-refractivity contribution in [2.24, 2.45) is 5.92 Å². The van der Waals surface area contributed by atoms with Gasteiger partial charge in [0.1, 0.15) is 6.10 Å². The van der Waals surface area contributed by atoms with Crippen molar-refractivity contribution in [3.63, 3.8) is 0 Å². The summed E-state index contributed by atoms with van der Waals surface area (Å²) in [6.07, 6.45) is 4.50. The number of rotatable bonds is 6. The number of aromatic nitrogens is 2. The Bertz CT molecular complexity index is 404. The lowest BCUT2D eigenvalue weighted by Crippen LogP contribution is -2.17. The van der Waals surface area contributed by atoms with E-state index in [9.17, 15) is 0 Å². The quantitative estimate of drug-likeness (QED) is 0.841. The Morgan fingerprint density at radius 1 is 1.50 bits per heavy atom. The Morgan fingerprint density at radius 2 is 2.22 bits per heavy atom. The van der Waals surface area contributed by atoms with Gasteiger partial charge in [0.05, 0.1) is 0 Å². The predicted octanol–water partition coefficient (Wildman–Crippen LogP) is 2.55. The fraction of sp³-hybridized carbons (Fsp3) is 0.714. The highest BCUT2D eigenvalue weighted by molar-refractivity contribution is 5.20. The second kappa shape index (κ2) is 5.76. The Hall–Kier alpha value is -1.00. The average molecular weight is 249 g/mol. The summed E-state index contributed by atoms with van der Waals surface area (Å²) in [5.74, 6) is 1.47. The van der Waals surface area contributed by atoms with Gasteiger partial charge in [-0.05, 0) is 46.6 Å². The zero-order chi connectivity index (χ0) is 13.1. The summed E-state index contributed by atoms with van der Waals surface area (Å²) in [7, 11) is 1.95. The van der Waals surface area contributed by atoms with Gasteiger partial charge in [-0.3, -0.25) is 0 Å². The molecular formula is C14H23N3O. The van der Waals surface area contributed by atoms with Crippen LogP contribution in [-0.2, 0) is 4.74 Å². The lowest BCUT2D eigenvalue weighted by atomic mass is 10.1. The normalized spacial score (nSPS) is 18.7. The molecule has 1 aromatic rings. The molecule has 0 aliphatic heterocycles. The molecule has 1 heterocycles. The highest BCUT2D eigenvalue weighted by atomic mass is 16.5. The van der Waals surface area contributed by atoms with Crippen molar-refractivity contribution in [1.29, 1.82) is 0 Å². The van der Waals surface area contributed by atoms with E-state index in [1.165, 1.54) is 12.8 Å². The molecule has 2 atom stereocenters. The van der Waals surface area contributed by atoms with Gasteiger partial charge in [0.2, 0.25) is 0 Å². The van der Waals surface area contributed by atoms with Crippen molar-refractivity contribution in [2.45, 2.75) is 45.8 Å². The monoisotopic (exact) mass is 249 g/mol. The SMILES string of the molecule is CCOC(c1ncc(C(C)NC)c(C)n1)C1CC1. The minimum atomic E-state index is 0.0904. The summed E-state index contributed by atoms with van der Waals surface area (Å²) in [5.41, 5.74) is 2.21. The number of hydrogen-bond donors (Lipinski definition) is 1. The minimum absolute atomic E-state index is 0.0904. The molecule has 1 aliphatic carbocycles. The highest BCUT2D eigenvalue weighted by Gasteiger charge is 2.35. The molecule has 0 spiro atoms. The van der Waals surface area contributed by atoms with Crippen LogP contribution in [0.1, 0.15) is 55.9 Å². The third-order valence-corrected chi connectivity index (χ3v) is 3.59. The van der Waals surface area contributed by atoms with Gasteiger partial charge in [-0.25, -0.2) is 9.97 Å². The van der Waals surface area contributed by atoms with Gasteiger partial charge in [0.25, 0.3) is 0 Å². The van der Waals surface area contributed by atoms with Gasteiger partial charge in [-0.2, -0.15) is 0 Å². The van der Waals surface area contributed by atoms with Crippen molar-refractivity contribution >= 4 is 0 Å². The van der Waals surface area contributed by atoms with Gasteiger partial charge in [-0.15, -0.1) is 0 Å². The van der Waals surface area contributed by atoms with Gasteiger partial charge in [0, 0.05) is 30.1 Å². The van der Waals surface area contributed by atoms with E-state index in [-0.39, 0.29) is 12.1 Å². The Balaban J connectivity index is 2.21. The molecule has 0 amide bonds. The van der Waals surface area contributed by atoms with Crippen LogP contribution in [0.25, 0.3) is 0 Å². The molecule has 1 saturated carbocycles. The van der Waals surface area contributed by atoms with Crippen LogP contribution in [0.3, 0.4) is 0 Å². The minimum Gasteiger partial charge on any atom is -0.370 e. The van der Waals surface area contributed by atoms with Gasteiger partial charge in [0.15, 0.2) is 5.82 Å². The molecule has 2 rings (SSSR count). The van der Waals surface area contributed by atoms with E-state index < -0.39 is 0 Å². The zero-order valence-corrected chi connectivity index (χ0v) is 11.7. The van der Waals surface area contributed by atoms with Crippen LogP contribution in [0.2, 0.25) is 0 Å². The third-order valence-electron chi connectivity index (χ3n) is 3.59. The standard InChI is InChI=1S/C14H23N3O/c1-5-18-13(11-6-7-11)14-16-8-12(9(2)15-4)10(3)17-14/h8-9,11,13,15H,5-7H2,1-4H3. The fourth-order valence-corrected chi connectivity index (χ4v) is 2.21. The summed E-state index contributed by atoms with van der Waals surface area (Å²) in [6.45, 7) is 6.91. The van der Waals surface area contributed by atoms with E-state index in [2.05, 4.69) is 22.2 Å².